The molecular formula is C18H34N2O6. The molecule has 152 valence electrons. The second-order valence-corrected chi connectivity index (χ2v) is 7.65. The SMILES string of the molecule is CCOC(=O)[C@@H]([C@H](O)C(C)C)N(C)C(=O)[C@@H](C)N(C)C(=O)OC(C)(C)C. The number of nitrogens with zero attached hydrogens (tertiary/aromatic N) is 2. The monoisotopic (exact) mass is 374 g/mol. The van der Waals surface area contributed by atoms with Gasteiger partial charge in [0.2, 0.25) is 5.91 Å². The van der Waals surface area contributed by atoms with Crippen molar-refractivity contribution in [1.29, 1.82) is 0 Å². The highest BCUT2D eigenvalue weighted by Gasteiger charge is 2.39. The summed E-state index contributed by atoms with van der Waals surface area (Å²) in [5.74, 6) is -1.45. The summed E-state index contributed by atoms with van der Waals surface area (Å²) < 4.78 is 10.3. The molecule has 0 aliphatic carbocycles. The first-order valence-corrected chi connectivity index (χ1v) is 8.81. The average Bonchev–Trinajstić information content (AvgIpc) is 2.51. The molecule has 0 aromatic heterocycles. The molecule has 0 aliphatic rings. The fourth-order valence-corrected chi connectivity index (χ4v) is 2.21. The second kappa shape index (κ2) is 9.75. The molecule has 0 saturated carbocycles. The number of hydrogen-bond acceptors (Lipinski definition) is 6. The summed E-state index contributed by atoms with van der Waals surface area (Å²) in [5, 5.41) is 10.4. The van der Waals surface area contributed by atoms with Gasteiger partial charge in [0.25, 0.3) is 0 Å². The van der Waals surface area contributed by atoms with Gasteiger partial charge in [-0.1, -0.05) is 13.8 Å². The molecular weight excluding hydrogens is 340 g/mol. The summed E-state index contributed by atoms with van der Waals surface area (Å²) in [6.07, 6.45) is -1.74. The van der Waals surface area contributed by atoms with Crippen LogP contribution in [0.15, 0.2) is 0 Å². The van der Waals surface area contributed by atoms with Gasteiger partial charge in [-0.3, -0.25) is 9.69 Å². The van der Waals surface area contributed by atoms with Crippen LogP contribution < -0.4 is 0 Å². The Balaban J connectivity index is 5.38. The molecule has 0 unspecified atom stereocenters. The lowest BCUT2D eigenvalue weighted by Gasteiger charge is -2.35. The molecule has 0 radical (unpaired) electrons. The second-order valence-electron chi connectivity index (χ2n) is 7.65. The van der Waals surface area contributed by atoms with E-state index in [2.05, 4.69) is 0 Å². The van der Waals surface area contributed by atoms with Crippen molar-refractivity contribution in [2.24, 2.45) is 5.92 Å². The predicted octanol–water partition coefficient (Wildman–Crippen LogP) is 1.65. The van der Waals surface area contributed by atoms with Crippen molar-refractivity contribution in [3.63, 3.8) is 0 Å². The number of hydrogen-bond donors (Lipinski definition) is 1. The number of aliphatic hydroxyl groups excluding tert-OH is 1. The lowest BCUT2D eigenvalue weighted by Crippen LogP contribution is -2.57. The lowest BCUT2D eigenvalue weighted by molar-refractivity contribution is -0.161. The maximum atomic E-state index is 12.8. The molecule has 0 heterocycles. The molecule has 26 heavy (non-hydrogen) atoms. The van der Waals surface area contributed by atoms with Gasteiger partial charge in [0.05, 0.1) is 12.7 Å². The molecule has 1 N–H and O–H groups in total. The number of likely N-dealkylation sites (N-methyl/N-ethyl adjacent to an activating group) is 2. The van der Waals surface area contributed by atoms with Crippen LogP contribution in [0.25, 0.3) is 0 Å². The van der Waals surface area contributed by atoms with Gasteiger partial charge in [0.1, 0.15) is 11.6 Å². The van der Waals surface area contributed by atoms with Crippen LogP contribution in [0, 0.1) is 5.92 Å². The molecule has 0 saturated heterocycles. The van der Waals surface area contributed by atoms with Crippen molar-refractivity contribution >= 4 is 18.0 Å². The molecule has 2 amide bonds. The summed E-state index contributed by atoms with van der Waals surface area (Å²) in [5.41, 5.74) is -0.693. The van der Waals surface area contributed by atoms with Gasteiger partial charge < -0.3 is 19.5 Å². The van der Waals surface area contributed by atoms with E-state index in [1.807, 2.05) is 0 Å². The Hall–Kier alpha value is -1.83. The van der Waals surface area contributed by atoms with E-state index in [-0.39, 0.29) is 12.5 Å². The van der Waals surface area contributed by atoms with E-state index in [0.29, 0.717) is 0 Å². The van der Waals surface area contributed by atoms with Crippen molar-refractivity contribution < 1.29 is 29.0 Å². The normalized spacial score (nSPS) is 15.0. The Labute approximate surface area is 156 Å². The summed E-state index contributed by atoms with van der Waals surface area (Å²) in [6, 6.07) is -2.04. The number of carbonyl (C=O) groups is 3. The lowest BCUT2D eigenvalue weighted by atomic mass is 9.98. The first-order chi connectivity index (χ1) is 11.7. The van der Waals surface area contributed by atoms with Gasteiger partial charge >= 0.3 is 12.1 Å². The maximum absolute atomic E-state index is 12.8. The van der Waals surface area contributed by atoms with Crippen molar-refractivity contribution in [3.05, 3.63) is 0 Å². The van der Waals surface area contributed by atoms with Crippen LogP contribution in [0.2, 0.25) is 0 Å². The number of aliphatic hydroxyl groups is 1. The summed E-state index contributed by atoms with van der Waals surface area (Å²) in [6.45, 7) is 12.0. The first-order valence-electron chi connectivity index (χ1n) is 8.81. The molecule has 0 rings (SSSR count). The Morgan fingerprint density at radius 3 is 1.92 bits per heavy atom. The van der Waals surface area contributed by atoms with E-state index in [9.17, 15) is 19.5 Å². The topological polar surface area (TPSA) is 96.4 Å². The van der Waals surface area contributed by atoms with Crippen LogP contribution in [0.1, 0.15) is 48.5 Å². The van der Waals surface area contributed by atoms with Crippen LogP contribution in [0.5, 0.6) is 0 Å². The Morgan fingerprint density at radius 1 is 1.04 bits per heavy atom. The van der Waals surface area contributed by atoms with Crippen LogP contribution in [0.3, 0.4) is 0 Å². The van der Waals surface area contributed by atoms with Crippen molar-refractivity contribution in [3.8, 4) is 0 Å². The van der Waals surface area contributed by atoms with E-state index in [1.54, 1.807) is 41.5 Å². The zero-order chi connectivity index (χ0) is 20.8. The van der Waals surface area contributed by atoms with Gasteiger partial charge in [0.15, 0.2) is 6.04 Å². The summed E-state index contributed by atoms with van der Waals surface area (Å²) in [7, 11) is 2.86. The van der Waals surface area contributed by atoms with Gasteiger partial charge in [-0.05, 0) is 40.5 Å². The zero-order valence-electron chi connectivity index (χ0n) is 17.4. The van der Waals surface area contributed by atoms with Crippen LogP contribution in [-0.4, -0.2) is 77.4 Å². The number of rotatable bonds is 7. The third-order valence-corrected chi connectivity index (χ3v) is 3.92. The van der Waals surface area contributed by atoms with Crippen LogP contribution >= 0.6 is 0 Å². The molecule has 8 nitrogen and oxygen atoms in total. The van der Waals surface area contributed by atoms with Gasteiger partial charge in [-0.15, -0.1) is 0 Å². The third kappa shape index (κ3) is 6.82. The number of carbonyl (C=O) groups excluding carboxylic acids is 3. The number of amides is 2. The molecule has 0 aromatic carbocycles. The van der Waals surface area contributed by atoms with E-state index < -0.39 is 41.8 Å². The highest BCUT2D eigenvalue weighted by molar-refractivity contribution is 5.89. The molecule has 0 bridgehead atoms. The van der Waals surface area contributed by atoms with E-state index in [1.165, 1.54) is 21.0 Å². The minimum absolute atomic E-state index is 0.134. The smallest absolute Gasteiger partial charge is 0.410 e. The van der Waals surface area contributed by atoms with Gasteiger partial charge in [-0.25, -0.2) is 9.59 Å². The molecule has 0 aliphatic heterocycles. The summed E-state index contributed by atoms with van der Waals surface area (Å²) >= 11 is 0. The fourth-order valence-electron chi connectivity index (χ4n) is 2.21. The average molecular weight is 374 g/mol. The standard InChI is InChI=1S/C18H34N2O6/c1-10-25-16(23)13(14(21)11(2)3)20(9)15(22)12(4)19(8)17(24)26-18(5,6)7/h11-14,21H,10H2,1-9H3/t12-,13-,14-/m1/s1. The maximum Gasteiger partial charge on any atom is 0.410 e. The highest BCUT2D eigenvalue weighted by atomic mass is 16.6. The Bertz CT molecular complexity index is 500. The third-order valence-electron chi connectivity index (χ3n) is 3.92. The Morgan fingerprint density at radius 2 is 1.54 bits per heavy atom. The van der Waals surface area contributed by atoms with Gasteiger partial charge in [0, 0.05) is 14.1 Å². The van der Waals surface area contributed by atoms with Crippen molar-refractivity contribution in [1.82, 2.24) is 9.80 Å². The fraction of sp³-hybridized carbons (Fsp3) is 0.833. The van der Waals surface area contributed by atoms with E-state index in [0.717, 1.165) is 9.80 Å². The first kappa shape index (κ1) is 24.2. The molecule has 0 aromatic rings. The quantitative estimate of drug-likeness (QED) is 0.681. The van der Waals surface area contributed by atoms with Crippen molar-refractivity contribution in [2.75, 3.05) is 20.7 Å². The van der Waals surface area contributed by atoms with Gasteiger partial charge in [-0.2, -0.15) is 0 Å². The number of ether oxygens (including phenoxy) is 2. The summed E-state index contributed by atoms with van der Waals surface area (Å²) in [4.78, 5) is 39.5. The molecule has 0 spiro atoms. The highest BCUT2D eigenvalue weighted by Crippen LogP contribution is 2.17. The zero-order valence-corrected chi connectivity index (χ0v) is 17.4. The number of esters is 1. The van der Waals surface area contributed by atoms with Crippen LogP contribution in [-0.2, 0) is 19.1 Å². The molecule has 3 atom stereocenters. The molecule has 0 fully saturated rings. The minimum Gasteiger partial charge on any atom is -0.464 e. The minimum atomic E-state index is -1.16. The predicted molar refractivity (Wildman–Crippen MR) is 97.5 cm³/mol. The molecule has 8 heteroatoms. The van der Waals surface area contributed by atoms with Crippen molar-refractivity contribution in [2.45, 2.75) is 72.3 Å². The van der Waals surface area contributed by atoms with E-state index in [4.69, 9.17) is 9.47 Å². The Kier molecular flexibility index (Phi) is 9.07. The van der Waals surface area contributed by atoms with Crippen LogP contribution in [0.4, 0.5) is 4.79 Å². The van der Waals surface area contributed by atoms with E-state index >= 15 is 0 Å². The largest absolute Gasteiger partial charge is 0.464 e.